The van der Waals surface area contributed by atoms with Crippen molar-refractivity contribution in [2.75, 3.05) is 5.32 Å². The molecule has 1 heterocycles. The number of nitriles is 1. The first-order chi connectivity index (χ1) is 12.1. The highest BCUT2D eigenvalue weighted by Gasteiger charge is 2.12. The summed E-state index contributed by atoms with van der Waals surface area (Å²) in [6.45, 7) is 0. The molecule has 0 aliphatic heterocycles. The summed E-state index contributed by atoms with van der Waals surface area (Å²) in [5, 5.41) is 38.9. The first-order valence-corrected chi connectivity index (χ1v) is 7.51. The number of aromatic nitrogens is 2. The molecule has 0 unspecified atom stereocenters. The van der Waals surface area contributed by atoms with Crippen LogP contribution in [0.4, 0.5) is 17.3 Å². The highest BCUT2D eigenvalue weighted by molar-refractivity contribution is 6.30. The number of nitrogens with zero attached hydrogens (tertiary/aromatic N) is 3. The quantitative estimate of drug-likeness (QED) is 0.420. The van der Waals surface area contributed by atoms with Crippen LogP contribution in [-0.4, -0.2) is 26.6 Å². The Morgan fingerprint density at radius 3 is 2.68 bits per heavy atom. The second-order valence-corrected chi connectivity index (χ2v) is 5.48. The summed E-state index contributed by atoms with van der Waals surface area (Å²) in [6, 6.07) is 13.0. The Bertz CT molecular complexity index is 974. The number of phenolic OH excluding ortho intramolecular Hbond substituents is 2. The number of rotatable bonds is 4. The molecule has 0 aliphatic rings. The van der Waals surface area contributed by atoms with Crippen molar-refractivity contribution < 1.29 is 10.2 Å². The second kappa shape index (κ2) is 6.95. The number of halogens is 1. The molecule has 0 aliphatic carbocycles. The van der Waals surface area contributed by atoms with Gasteiger partial charge in [0.15, 0.2) is 5.82 Å². The Balaban J connectivity index is 1.87. The molecule has 0 fully saturated rings. The number of nitrogens with one attached hydrogen (secondary N) is 2. The van der Waals surface area contributed by atoms with Gasteiger partial charge < -0.3 is 15.5 Å². The van der Waals surface area contributed by atoms with Crippen molar-refractivity contribution in [3.8, 4) is 17.6 Å². The third-order valence-corrected chi connectivity index (χ3v) is 3.56. The minimum Gasteiger partial charge on any atom is -0.508 e. The predicted molar refractivity (Wildman–Crippen MR) is 95.1 cm³/mol. The number of hydrogen-bond donors (Lipinski definition) is 4. The Kier molecular flexibility index (Phi) is 4.55. The molecule has 1 aromatic heterocycles. The fourth-order valence-electron chi connectivity index (χ4n) is 2.08. The van der Waals surface area contributed by atoms with Gasteiger partial charge in [-0.25, -0.2) is 4.99 Å². The van der Waals surface area contributed by atoms with Gasteiger partial charge in [-0.3, -0.25) is 5.10 Å². The van der Waals surface area contributed by atoms with Crippen molar-refractivity contribution in [2.24, 2.45) is 4.99 Å². The Morgan fingerprint density at radius 1 is 1.20 bits per heavy atom. The van der Waals surface area contributed by atoms with Crippen molar-refractivity contribution in [1.29, 1.82) is 5.26 Å². The van der Waals surface area contributed by atoms with E-state index in [1.807, 2.05) is 6.07 Å². The fourth-order valence-corrected chi connectivity index (χ4v) is 2.20. The van der Waals surface area contributed by atoms with E-state index < -0.39 is 0 Å². The number of aliphatic imine (C=N–C) groups is 1. The molecular formula is C17H12ClN5O2. The third kappa shape index (κ3) is 3.71. The number of aromatic amines is 1. The van der Waals surface area contributed by atoms with Crippen LogP contribution in [0.3, 0.4) is 0 Å². The van der Waals surface area contributed by atoms with Crippen LogP contribution in [0.2, 0.25) is 5.02 Å². The summed E-state index contributed by atoms with van der Waals surface area (Å²) < 4.78 is 0. The fraction of sp³-hybridized carbons (Fsp3) is 0. The van der Waals surface area contributed by atoms with Crippen LogP contribution in [0, 0.1) is 11.3 Å². The van der Waals surface area contributed by atoms with E-state index in [1.165, 1.54) is 24.4 Å². The topological polar surface area (TPSA) is 117 Å². The molecular weight excluding hydrogens is 342 g/mol. The monoisotopic (exact) mass is 353 g/mol. The highest BCUT2D eigenvalue weighted by atomic mass is 35.5. The molecule has 0 amide bonds. The van der Waals surface area contributed by atoms with Crippen LogP contribution >= 0.6 is 11.6 Å². The van der Waals surface area contributed by atoms with Gasteiger partial charge in [0, 0.05) is 22.5 Å². The molecule has 124 valence electrons. The van der Waals surface area contributed by atoms with E-state index in [9.17, 15) is 15.5 Å². The average Bonchev–Trinajstić information content (AvgIpc) is 2.99. The molecule has 8 heteroatoms. The molecule has 0 saturated carbocycles. The van der Waals surface area contributed by atoms with E-state index in [0.29, 0.717) is 16.4 Å². The predicted octanol–water partition coefficient (Wildman–Crippen LogP) is 3.84. The first kappa shape index (κ1) is 16.4. The molecule has 0 spiro atoms. The maximum Gasteiger partial charge on any atom is 0.193 e. The van der Waals surface area contributed by atoms with Gasteiger partial charge in [-0.1, -0.05) is 11.6 Å². The first-order valence-electron chi connectivity index (χ1n) is 7.14. The summed E-state index contributed by atoms with van der Waals surface area (Å²) in [4.78, 5) is 4.10. The van der Waals surface area contributed by atoms with E-state index in [0.717, 1.165) is 5.69 Å². The number of benzene rings is 2. The molecule has 4 N–H and O–H groups in total. The molecule has 2 aromatic carbocycles. The maximum atomic E-state index is 9.74. The molecule has 3 aromatic rings. The van der Waals surface area contributed by atoms with E-state index in [2.05, 4.69) is 20.5 Å². The average molecular weight is 354 g/mol. The van der Waals surface area contributed by atoms with Crippen LogP contribution in [0.5, 0.6) is 11.5 Å². The molecule has 0 radical (unpaired) electrons. The summed E-state index contributed by atoms with van der Waals surface area (Å²) in [6.07, 6.45) is 1.32. The zero-order valence-electron chi connectivity index (χ0n) is 12.7. The minimum absolute atomic E-state index is 0.00752. The van der Waals surface area contributed by atoms with Crippen LogP contribution in [0.25, 0.3) is 0 Å². The lowest BCUT2D eigenvalue weighted by molar-refractivity contribution is 0.459. The maximum absolute atomic E-state index is 9.74. The summed E-state index contributed by atoms with van der Waals surface area (Å²) in [7, 11) is 0. The lowest BCUT2D eigenvalue weighted by Gasteiger charge is -2.03. The summed E-state index contributed by atoms with van der Waals surface area (Å²) in [5.41, 5.74) is 1.25. The number of H-pyrrole nitrogens is 1. The van der Waals surface area contributed by atoms with Crippen molar-refractivity contribution in [3.05, 3.63) is 58.6 Å². The number of anilines is 2. The van der Waals surface area contributed by atoms with E-state index in [-0.39, 0.29) is 22.9 Å². The lowest BCUT2D eigenvalue weighted by Crippen LogP contribution is -1.92. The van der Waals surface area contributed by atoms with Crippen LogP contribution < -0.4 is 5.32 Å². The van der Waals surface area contributed by atoms with Crippen molar-refractivity contribution in [1.82, 2.24) is 10.2 Å². The van der Waals surface area contributed by atoms with Crippen molar-refractivity contribution in [3.63, 3.8) is 0 Å². The van der Waals surface area contributed by atoms with Crippen LogP contribution in [0.1, 0.15) is 11.1 Å². The second-order valence-electron chi connectivity index (χ2n) is 5.04. The number of hydrogen-bond acceptors (Lipinski definition) is 6. The Morgan fingerprint density at radius 2 is 1.96 bits per heavy atom. The van der Waals surface area contributed by atoms with E-state index in [4.69, 9.17) is 11.6 Å². The highest BCUT2D eigenvalue weighted by Crippen LogP contribution is 2.27. The Labute approximate surface area is 147 Å². The molecule has 7 nitrogen and oxygen atoms in total. The molecule has 0 atom stereocenters. The normalized spacial score (nSPS) is 10.7. The zero-order chi connectivity index (χ0) is 17.8. The molecule has 3 rings (SSSR count). The van der Waals surface area contributed by atoms with E-state index >= 15 is 0 Å². The third-order valence-electron chi connectivity index (χ3n) is 3.31. The van der Waals surface area contributed by atoms with Crippen LogP contribution in [0.15, 0.2) is 47.5 Å². The lowest BCUT2D eigenvalue weighted by atomic mass is 10.2. The molecule has 25 heavy (non-hydrogen) atoms. The molecule has 0 saturated heterocycles. The van der Waals surface area contributed by atoms with Crippen molar-refractivity contribution in [2.45, 2.75) is 0 Å². The van der Waals surface area contributed by atoms with Gasteiger partial charge in [-0.15, -0.1) is 0 Å². The molecule has 0 bridgehead atoms. The summed E-state index contributed by atoms with van der Waals surface area (Å²) >= 11 is 5.84. The number of phenols is 2. The number of aromatic hydroxyl groups is 2. The van der Waals surface area contributed by atoms with Gasteiger partial charge in [-0.05, 0) is 42.5 Å². The van der Waals surface area contributed by atoms with Gasteiger partial charge in [0.25, 0.3) is 0 Å². The Hall–Kier alpha value is -3.50. The van der Waals surface area contributed by atoms with Gasteiger partial charge in [0.1, 0.15) is 28.9 Å². The standard InChI is InChI=1S/C17H12ClN5O2/c18-11-1-3-12(4-2-11)21-17-14(8-19)16(22-23-17)20-9-10-7-13(24)5-6-15(10)25/h1-7,9,24-25H,(H2,21,22,23). The smallest absolute Gasteiger partial charge is 0.193 e. The SMILES string of the molecule is N#Cc1c(N=Cc2cc(O)ccc2O)n[nH]c1Nc1ccc(Cl)cc1. The minimum atomic E-state index is -0.0462. The van der Waals surface area contributed by atoms with Crippen molar-refractivity contribution >= 4 is 35.1 Å². The van der Waals surface area contributed by atoms with E-state index in [1.54, 1.807) is 24.3 Å². The van der Waals surface area contributed by atoms with Crippen LogP contribution in [-0.2, 0) is 0 Å². The largest absolute Gasteiger partial charge is 0.508 e. The van der Waals surface area contributed by atoms with Gasteiger partial charge in [-0.2, -0.15) is 10.4 Å². The van der Waals surface area contributed by atoms with Gasteiger partial charge in [0.05, 0.1) is 0 Å². The van der Waals surface area contributed by atoms with Gasteiger partial charge in [0.2, 0.25) is 0 Å². The summed E-state index contributed by atoms with van der Waals surface area (Å²) in [5.74, 6) is 0.487. The zero-order valence-corrected chi connectivity index (χ0v) is 13.5. The van der Waals surface area contributed by atoms with Gasteiger partial charge >= 0.3 is 0 Å².